The molecule has 24 heavy (non-hydrogen) atoms. The molecule has 1 saturated heterocycles. The molecule has 0 N–H and O–H groups in total. The van der Waals surface area contributed by atoms with E-state index in [9.17, 15) is 14.4 Å². The van der Waals surface area contributed by atoms with Crippen molar-refractivity contribution in [1.29, 1.82) is 0 Å². The van der Waals surface area contributed by atoms with Crippen molar-refractivity contribution in [3.63, 3.8) is 0 Å². The molecule has 126 valence electrons. The summed E-state index contributed by atoms with van der Waals surface area (Å²) in [5.74, 6) is -0.950. The second-order valence-electron chi connectivity index (χ2n) is 6.36. The van der Waals surface area contributed by atoms with Gasteiger partial charge in [0, 0.05) is 32.7 Å². The fraction of sp³-hybridized carbons (Fsp3) is 0.389. The van der Waals surface area contributed by atoms with Gasteiger partial charge in [-0.25, -0.2) is 0 Å². The first-order valence-electron chi connectivity index (χ1n) is 8.07. The number of benzene rings is 1. The maximum absolute atomic E-state index is 12.5. The Hall–Kier alpha value is -2.47. The van der Waals surface area contributed by atoms with Crippen molar-refractivity contribution in [1.82, 2.24) is 14.7 Å². The molecule has 1 aromatic rings. The lowest BCUT2D eigenvalue weighted by atomic mass is 10.1. The van der Waals surface area contributed by atoms with E-state index in [1.54, 1.807) is 29.2 Å². The Kier molecular flexibility index (Phi) is 4.49. The number of rotatable bonds is 4. The molecule has 2 heterocycles. The van der Waals surface area contributed by atoms with Crippen molar-refractivity contribution in [2.45, 2.75) is 6.92 Å². The van der Waals surface area contributed by atoms with Gasteiger partial charge < -0.3 is 4.90 Å². The van der Waals surface area contributed by atoms with E-state index in [1.807, 2.05) is 6.92 Å². The van der Waals surface area contributed by atoms with Gasteiger partial charge >= 0.3 is 0 Å². The molecule has 0 atom stereocenters. The Morgan fingerprint density at radius 3 is 2.04 bits per heavy atom. The zero-order chi connectivity index (χ0) is 17.3. The molecule has 0 unspecified atom stereocenters. The summed E-state index contributed by atoms with van der Waals surface area (Å²) in [6.45, 7) is 9.31. The van der Waals surface area contributed by atoms with Crippen LogP contribution in [0.4, 0.5) is 0 Å². The third-order valence-corrected chi connectivity index (χ3v) is 4.39. The van der Waals surface area contributed by atoms with Crippen LogP contribution in [0.2, 0.25) is 0 Å². The smallest absolute Gasteiger partial charge is 0.262 e. The van der Waals surface area contributed by atoms with E-state index in [0.717, 1.165) is 30.1 Å². The zero-order valence-corrected chi connectivity index (χ0v) is 13.8. The summed E-state index contributed by atoms with van der Waals surface area (Å²) in [6, 6.07) is 6.68. The lowest BCUT2D eigenvalue weighted by Gasteiger charge is -2.35. The molecule has 0 saturated carbocycles. The largest absolute Gasteiger partial charge is 0.339 e. The Balaban J connectivity index is 1.60. The molecule has 6 heteroatoms. The normalized spacial score (nSPS) is 18.0. The highest BCUT2D eigenvalue weighted by atomic mass is 16.2. The third kappa shape index (κ3) is 3.10. The van der Waals surface area contributed by atoms with Gasteiger partial charge in [0.1, 0.15) is 6.54 Å². The van der Waals surface area contributed by atoms with Crippen molar-refractivity contribution >= 4 is 17.7 Å². The highest BCUT2D eigenvalue weighted by Gasteiger charge is 2.37. The molecule has 2 aliphatic rings. The Labute approximate surface area is 141 Å². The van der Waals surface area contributed by atoms with E-state index < -0.39 is 0 Å². The number of hydrogen-bond acceptors (Lipinski definition) is 4. The van der Waals surface area contributed by atoms with E-state index in [4.69, 9.17) is 0 Å². The van der Waals surface area contributed by atoms with Crippen molar-refractivity contribution in [3.05, 3.63) is 47.5 Å². The van der Waals surface area contributed by atoms with Crippen LogP contribution in [0.5, 0.6) is 0 Å². The fourth-order valence-corrected chi connectivity index (χ4v) is 3.16. The third-order valence-electron chi connectivity index (χ3n) is 4.39. The summed E-state index contributed by atoms with van der Waals surface area (Å²) in [5.41, 5.74) is 1.85. The van der Waals surface area contributed by atoms with E-state index in [0.29, 0.717) is 24.2 Å². The van der Waals surface area contributed by atoms with Crippen molar-refractivity contribution in [3.8, 4) is 0 Å². The molecule has 1 fully saturated rings. The van der Waals surface area contributed by atoms with Crippen molar-refractivity contribution in [2.75, 3.05) is 39.3 Å². The summed E-state index contributed by atoms with van der Waals surface area (Å²) in [6.07, 6.45) is 0. The van der Waals surface area contributed by atoms with Gasteiger partial charge in [0.05, 0.1) is 11.1 Å². The minimum Gasteiger partial charge on any atom is -0.339 e. The minimum atomic E-state index is -0.384. The van der Waals surface area contributed by atoms with E-state index in [1.165, 1.54) is 0 Å². The van der Waals surface area contributed by atoms with Gasteiger partial charge in [0.2, 0.25) is 5.91 Å². The topological polar surface area (TPSA) is 60.9 Å². The quantitative estimate of drug-likeness (QED) is 0.611. The van der Waals surface area contributed by atoms with Gasteiger partial charge in [-0.05, 0) is 19.1 Å². The summed E-state index contributed by atoms with van der Waals surface area (Å²) in [5, 5.41) is 0. The summed E-state index contributed by atoms with van der Waals surface area (Å²) >= 11 is 0. The van der Waals surface area contributed by atoms with E-state index >= 15 is 0 Å². The number of carbonyl (C=O) groups is 3. The summed E-state index contributed by atoms with van der Waals surface area (Å²) in [7, 11) is 0. The summed E-state index contributed by atoms with van der Waals surface area (Å²) < 4.78 is 0. The molecular formula is C18H21N3O3. The van der Waals surface area contributed by atoms with Gasteiger partial charge in [-0.1, -0.05) is 24.3 Å². The average Bonchev–Trinajstić information content (AvgIpc) is 2.80. The number of carbonyl (C=O) groups excluding carboxylic acids is 3. The maximum Gasteiger partial charge on any atom is 0.262 e. The van der Waals surface area contributed by atoms with Crippen LogP contribution >= 0.6 is 0 Å². The van der Waals surface area contributed by atoms with Crippen LogP contribution in [0.1, 0.15) is 27.6 Å². The molecule has 1 aromatic carbocycles. The Morgan fingerprint density at radius 2 is 1.54 bits per heavy atom. The number of imide groups is 1. The van der Waals surface area contributed by atoms with Crippen LogP contribution in [0.15, 0.2) is 36.4 Å². The highest BCUT2D eigenvalue weighted by Crippen LogP contribution is 2.22. The molecule has 0 aromatic heterocycles. The second kappa shape index (κ2) is 6.57. The minimum absolute atomic E-state index is 0.181. The van der Waals surface area contributed by atoms with Crippen LogP contribution < -0.4 is 0 Å². The Morgan fingerprint density at radius 1 is 1.00 bits per heavy atom. The first-order chi connectivity index (χ1) is 11.5. The van der Waals surface area contributed by atoms with E-state index in [2.05, 4.69) is 11.5 Å². The number of nitrogens with zero attached hydrogens (tertiary/aromatic N) is 3. The number of piperazine rings is 1. The molecule has 0 bridgehead atoms. The molecule has 0 spiro atoms. The van der Waals surface area contributed by atoms with Crippen molar-refractivity contribution in [2.24, 2.45) is 0 Å². The Bertz CT molecular complexity index is 670. The predicted molar refractivity (Wildman–Crippen MR) is 89.6 cm³/mol. The maximum atomic E-state index is 12.5. The molecule has 6 nitrogen and oxygen atoms in total. The van der Waals surface area contributed by atoms with Gasteiger partial charge in [-0.3, -0.25) is 24.2 Å². The van der Waals surface area contributed by atoms with E-state index in [-0.39, 0.29) is 24.3 Å². The van der Waals surface area contributed by atoms with Gasteiger partial charge in [0.15, 0.2) is 0 Å². The van der Waals surface area contributed by atoms with Crippen LogP contribution in [-0.2, 0) is 4.79 Å². The standard InChI is InChI=1S/C18H21N3O3/c1-13(2)11-19-7-9-20(10-8-19)16(22)12-21-17(23)14-5-3-4-6-15(14)18(21)24/h3-6H,1,7-12H2,2H3. The average molecular weight is 327 g/mol. The van der Waals surface area contributed by atoms with Gasteiger partial charge in [-0.15, -0.1) is 0 Å². The van der Waals surface area contributed by atoms with Gasteiger partial charge in [0.25, 0.3) is 11.8 Å². The van der Waals surface area contributed by atoms with Crippen LogP contribution in [0.25, 0.3) is 0 Å². The fourth-order valence-electron chi connectivity index (χ4n) is 3.16. The first kappa shape index (κ1) is 16.4. The first-order valence-corrected chi connectivity index (χ1v) is 8.07. The molecule has 0 radical (unpaired) electrons. The highest BCUT2D eigenvalue weighted by molar-refractivity contribution is 6.22. The monoisotopic (exact) mass is 327 g/mol. The molecule has 2 aliphatic heterocycles. The van der Waals surface area contributed by atoms with Crippen LogP contribution in [-0.4, -0.2) is 71.7 Å². The van der Waals surface area contributed by atoms with Crippen LogP contribution in [0, 0.1) is 0 Å². The van der Waals surface area contributed by atoms with Crippen LogP contribution in [0.3, 0.4) is 0 Å². The predicted octanol–water partition coefficient (Wildman–Crippen LogP) is 1.00. The van der Waals surface area contributed by atoms with Crippen molar-refractivity contribution < 1.29 is 14.4 Å². The number of amides is 3. The number of hydrogen-bond donors (Lipinski definition) is 0. The SMILES string of the molecule is C=C(C)CN1CCN(C(=O)CN2C(=O)c3ccccc3C2=O)CC1. The molecule has 3 amide bonds. The molecule has 3 rings (SSSR count). The zero-order valence-electron chi connectivity index (χ0n) is 13.8. The van der Waals surface area contributed by atoms with Gasteiger partial charge in [-0.2, -0.15) is 0 Å². The lowest BCUT2D eigenvalue weighted by Crippen LogP contribution is -2.52. The summed E-state index contributed by atoms with van der Waals surface area (Å²) in [4.78, 5) is 42.1. The lowest BCUT2D eigenvalue weighted by molar-refractivity contribution is -0.133. The number of fused-ring (bicyclic) bond motifs is 1. The molecular weight excluding hydrogens is 306 g/mol. The second-order valence-corrected chi connectivity index (χ2v) is 6.36. The molecule has 0 aliphatic carbocycles.